The van der Waals surface area contributed by atoms with Gasteiger partial charge in [-0.3, -0.25) is 9.79 Å². The molecule has 1 fully saturated rings. The number of hydrogen-bond acceptors (Lipinski definition) is 8. The molecule has 11 nitrogen and oxygen atoms in total. The topological polar surface area (TPSA) is 124 Å². The third kappa shape index (κ3) is 5.60. The van der Waals surface area contributed by atoms with Crippen LogP contribution < -0.4 is 20.5 Å². The average molecular weight is 599 g/mol. The second kappa shape index (κ2) is 12.6. The number of fused-ring (bicyclic) bond motifs is 1. The summed E-state index contributed by atoms with van der Waals surface area (Å²) in [4.78, 5) is 33.5. The molecule has 0 aliphatic carbocycles. The molecule has 2 aliphatic rings. The van der Waals surface area contributed by atoms with E-state index < -0.39 is 0 Å². The molecule has 0 radical (unpaired) electrons. The fourth-order valence-electron chi connectivity index (χ4n) is 5.82. The largest absolute Gasteiger partial charge is 0.496 e. The number of nitrogens with two attached hydrogens (primary N) is 1. The van der Waals surface area contributed by atoms with Gasteiger partial charge < -0.3 is 39.6 Å². The number of piperidine rings is 1. The molecule has 11 heteroatoms. The smallest absolute Gasteiger partial charge is 0.409 e. The summed E-state index contributed by atoms with van der Waals surface area (Å²) in [5.74, 6) is 1.01. The molecule has 2 amide bonds. The zero-order chi connectivity index (χ0) is 31.5. The number of likely N-dealkylation sites (tertiary alicyclic amines) is 1. The molecular formula is C33H38N6O5. The first-order chi connectivity index (χ1) is 21.2. The molecule has 230 valence electrons. The van der Waals surface area contributed by atoms with Crippen molar-refractivity contribution in [3.63, 3.8) is 0 Å². The van der Waals surface area contributed by atoms with Crippen molar-refractivity contribution in [2.75, 3.05) is 39.7 Å². The van der Waals surface area contributed by atoms with Crippen molar-refractivity contribution in [2.24, 2.45) is 23.7 Å². The summed E-state index contributed by atoms with van der Waals surface area (Å²) in [6.07, 6.45) is 4.78. The molecule has 3 aromatic rings. The fourth-order valence-corrected chi connectivity index (χ4v) is 5.82. The zero-order valence-corrected chi connectivity index (χ0v) is 25.7. The number of allylic oxidation sites excluding steroid dienone is 2. The Bertz CT molecular complexity index is 1710. The van der Waals surface area contributed by atoms with Crippen LogP contribution in [0.3, 0.4) is 0 Å². The van der Waals surface area contributed by atoms with Crippen LogP contribution in [0.1, 0.15) is 35.8 Å². The van der Waals surface area contributed by atoms with Crippen LogP contribution in [0.15, 0.2) is 77.8 Å². The van der Waals surface area contributed by atoms with Gasteiger partial charge >= 0.3 is 6.09 Å². The van der Waals surface area contributed by atoms with Gasteiger partial charge in [0.25, 0.3) is 5.91 Å². The summed E-state index contributed by atoms with van der Waals surface area (Å²) in [5.41, 5.74) is 12.2. The van der Waals surface area contributed by atoms with Gasteiger partial charge in [-0.25, -0.2) is 4.79 Å². The van der Waals surface area contributed by atoms with E-state index in [1.165, 1.54) is 7.11 Å². The van der Waals surface area contributed by atoms with Crippen LogP contribution >= 0.6 is 0 Å². The van der Waals surface area contributed by atoms with Crippen molar-refractivity contribution in [3.8, 4) is 11.5 Å². The highest BCUT2D eigenvalue weighted by molar-refractivity contribution is 6.08. The van der Waals surface area contributed by atoms with Crippen LogP contribution in [0.4, 0.5) is 10.5 Å². The number of ether oxygens (including phenoxy) is 3. The summed E-state index contributed by atoms with van der Waals surface area (Å²) in [7, 11) is 6.39. The second-order valence-electron chi connectivity index (χ2n) is 10.7. The predicted molar refractivity (Wildman–Crippen MR) is 171 cm³/mol. The first-order valence-corrected chi connectivity index (χ1v) is 14.3. The normalized spacial score (nSPS) is 16.4. The molecule has 0 atom stereocenters. The van der Waals surface area contributed by atoms with Crippen LogP contribution in [-0.2, 0) is 11.8 Å². The lowest BCUT2D eigenvalue weighted by Gasteiger charge is -2.37. The van der Waals surface area contributed by atoms with Gasteiger partial charge in [0, 0.05) is 55.1 Å². The highest BCUT2D eigenvalue weighted by Gasteiger charge is 2.30. The molecule has 0 spiro atoms. The first kappa shape index (κ1) is 30.3. The van der Waals surface area contributed by atoms with E-state index in [0.29, 0.717) is 47.2 Å². The van der Waals surface area contributed by atoms with Gasteiger partial charge in [0.05, 0.1) is 49.6 Å². The van der Waals surface area contributed by atoms with Crippen molar-refractivity contribution >= 4 is 40.0 Å². The lowest BCUT2D eigenvalue weighted by Crippen LogP contribution is -2.40. The molecule has 0 saturated carbocycles. The average Bonchev–Trinajstić information content (AvgIpc) is 3.40. The maximum Gasteiger partial charge on any atom is 0.409 e. The lowest BCUT2D eigenvalue weighted by molar-refractivity contribution is 0.101. The summed E-state index contributed by atoms with van der Waals surface area (Å²) in [6.45, 7) is 7.49. The number of aliphatic imine (C=N–C) groups is 1. The minimum Gasteiger partial charge on any atom is -0.496 e. The zero-order valence-electron chi connectivity index (χ0n) is 25.7. The Hall–Kier alpha value is -5.19. The van der Waals surface area contributed by atoms with Crippen molar-refractivity contribution in [2.45, 2.75) is 19.8 Å². The maximum absolute atomic E-state index is 13.4. The van der Waals surface area contributed by atoms with E-state index in [0.717, 1.165) is 40.9 Å². The van der Waals surface area contributed by atoms with E-state index in [1.54, 1.807) is 37.5 Å². The quantitative estimate of drug-likeness (QED) is 0.378. The summed E-state index contributed by atoms with van der Waals surface area (Å²) >= 11 is 0. The lowest BCUT2D eigenvalue weighted by atomic mass is 9.92. The maximum atomic E-state index is 13.4. The molecule has 1 saturated heterocycles. The van der Waals surface area contributed by atoms with Crippen LogP contribution in [0.25, 0.3) is 16.6 Å². The first-order valence-electron chi connectivity index (χ1n) is 14.3. The highest BCUT2D eigenvalue weighted by atomic mass is 16.5. The monoisotopic (exact) mass is 598 g/mol. The number of aromatic nitrogens is 1. The van der Waals surface area contributed by atoms with E-state index in [1.807, 2.05) is 60.0 Å². The van der Waals surface area contributed by atoms with Gasteiger partial charge in [-0.1, -0.05) is 18.7 Å². The molecule has 2 aliphatic heterocycles. The Kier molecular flexibility index (Phi) is 8.66. The van der Waals surface area contributed by atoms with Crippen molar-refractivity contribution in [3.05, 3.63) is 84.1 Å². The number of carbonyl (C=O) groups is 2. The highest BCUT2D eigenvalue weighted by Crippen LogP contribution is 2.35. The number of carbonyl (C=O) groups excluding carboxylic acids is 2. The summed E-state index contributed by atoms with van der Waals surface area (Å²) in [6, 6.07) is 12.9. The number of nitrogens with zero attached hydrogens (tertiary/aromatic N) is 4. The van der Waals surface area contributed by atoms with Gasteiger partial charge in [-0.2, -0.15) is 0 Å². The molecular weight excluding hydrogens is 560 g/mol. The third-order valence-corrected chi connectivity index (χ3v) is 8.29. The molecule has 0 unspecified atom stereocenters. The third-order valence-electron chi connectivity index (χ3n) is 8.29. The van der Waals surface area contributed by atoms with Gasteiger partial charge in [0.2, 0.25) is 0 Å². The van der Waals surface area contributed by atoms with E-state index in [2.05, 4.69) is 16.9 Å². The number of methoxy groups -OCH3 is 3. The van der Waals surface area contributed by atoms with Crippen LogP contribution in [-0.4, -0.2) is 66.5 Å². The van der Waals surface area contributed by atoms with E-state index in [-0.39, 0.29) is 17.9 Å². The van der Waals surface area contributed by atoms with E-state index in [9.17, 15) is 9.59 Å². The van der Waals surface area contributed by atoms with Gasteiger partial charge in [-0.15, -0.1) is 0 Å². The second-order valence-corrected chi connectivity index (χ2v) is 10.7. The molecule has 3 heterocycles. The number of rotatable bonds is 7. The van der Waals surface area contributed by atoms with Gasteiger partial charge in [0.1, 0.15) is 17.2 Å². The number of amides is 2. The molecule has 2 aromatic carbocycles. The standard InChI is InChI=1S/C33H38N6O5/c1-20-31(39(17-14-35-20)21(2)22-12-15-38(16-13-22)33(41)44-6)30(34)23-10-11-25(29(18-23)43-5)36-32(40)27-19-24-26(37(27)3)8-7-9-28(24)42-4/h7-11,14,17-19,22H,2,12-13,15-16,34H2,1,3-6H3,(H,36,40)/b31-30-. The van der Waals surface area contributed by atoms with Crippen molar-refractivity contribution in [1.82, 2.24) is 14.4 Å². The molecule has 44 heavy (non-hydrogen) atoms. The van der Waals surface area contributed by atoms with Crippen LogP contribution in [0.5, 0.6) is 11.5 Å². The Labute approximate surface area is 256 Å². The number of anilines is 1. The number of nitrogens with one attached hydrogen (secondary N) is 1. The number of benzene rings is 2. The van der Waals surface area contributed by atoms with Gasteiger partial charge in [0.15, 0.2) is 0 Å². The van der Waals surface area contributed by atoms with Crippen LogP contribution in [0, 0.1) is 5.92 Å². The van der Waals surface area contributed by atoms with E-state index in [4.69, 9.17) is 19.9 Å². The Morgan fingerprint density at radius 1 is 1.05 bits per heavy atom. The molecule has 5 rings (SSSR count). The summed E-state index contributed by atoms with van der Waals surface area (Å²) in [5, 5.41) is 3.83. The van der Waals surface area contributed by atoms with Crippen molar-refractivity contribution < 1.29 is 23.8 Å². The molecule has 0 bridgehead atoms. The number of hydrogen-bond donors (Lipinski definition) is 2. The Balaban J connectivity index is 1.40. The van der Waals surface area contributed by atoms with Crippen molar-refractivity contribution in [1.29, 1.82) is 0 Å². The number of aryl methyl sites for hydroxylation is 1. The van der Waals surface area contributed by atoms with E-state index >= 15 is 0 Å². The Morgan fingerprint density at radius 3 is 2.45 bits per heavy atom. The molecule has 1 aromatic heterocycles. The predicted octanol–water partition coefficient (Wildman–Crippen LogP) is 5.31. The minimum absolute atomic E-state index is 0.149. The molecule has 3 N–H and O–H groups in total. The van der Waals surface area contributed by atoms with Crippen LogP contribution in [0.2, 0.25) is 0 Å². The Morgan fingerprint density at radius 2 is 1.77 bits per heavy atom. The fraction of sp³-hybridized carbons (Fsp3) is 0.303. The SMILES string of the molecule is C=C(C1CCN(C(=O)OC)CC1)N1C=CN=C(C)/C1=C(/N)c1ccc(NC(=O)c2cc3c(OC)cccc3n2C)c(OC)c1. The summed E-state index contributed by atoms with van der Waals surface area (Å²) < 4.78 is 17.9. The minimum atomic E-state index is -0.314. The van der Waals surface area contributed by atoms with Gasteiger partial charge in [-0.05, 0) is 50.1 Å².